The molecule has 0 spiro atoms. The van der Waals surface area contributed by atoms with Crippen LogP contribution >= 0.6 is 11.6 Å². The summed E-state index contributed by atoms with van der Waals surface area (Å²) in [7, 11) is 1.88. The SMILES string of the molecule is CCNc1ncc(Cl)c(NCc2ccn(C)n2)n1. The van der Waals surface area contributed by atoms with Crippen molar-refractivity contribution in [2.24, 2.45) is 7.05 Å². The Labute approximate surface area is 110 Å². The predicted molar refractivity (Wildman–Crippen MR) is 71.7 cm³/mol. The topological polar surface area (TPSA) is 67.7 Å². The quantitative estimate of drug-likeness (QED) is 0.865. The number of nitrogens with zero attached hydrogens (tertiary/aromatic N) is 4. The number of anilines is 2. The lowest BCUT2D eigenvalue weighted by molar-refractivity contribution is 0.747. The molecule has 0 aliphatic heterocycles. The second-order valence-electron chi connectivity index (χ2n) is 3.75. The van der Waals surface area contributed by atoms with E-state index in [1.807, 2.05) is 26.2 Å². The van der Waals surface area contributed by atoms with E-state index in [0.29, 0.717) is 23.3 Å². The van der Waals surface area contributed by atoms with Gasteiger partial charge in [-0.2, -0.15) is 10.1 Å². The van der Waals surface area contributed by atoms with Crippen molar-refractivity contribution < 1.29 is 0 Å². The Balaban J connectivity index is 2.05. The lowest BCUT2D eigenvalue weighted by Gasteiger charge is -2.08. The third-order valence-electron chi connectivity index (χ3n) is 2.28. The third kappa shape index (κ3) is 3.10. The molecule has 2 aromatic rings. The first-order chi connectivity index (χ1) is 8.69. The van der Waals surface area contributed by atoms with Crippen molar-refractivity contribution in [3.05, 3.63) is 29.2 Å². The summed E-state index contributed by atoms with van der Waals surface area (Å²) in [5, 5.41) is 10.9. The number of aromatic nitrogens is 4. The van der Waals surface area contributed by atoms with E-state index >= 15 is 0 Å². The Morgan fingerprint density at radius 3 is 2.89 bits per heavy atom. The van der Waals surface area contributed by atoms with Crippen LogP contribution in [0.1, 0.15) is 12.6 Å². The Kier molecular flexibility index (Phi) is 3.99. The van der Waals surface area contributed by atoms with Crippen LogP contribution in [0.25, 0.3) is 0 Å². The van der Waals surface area contributed by atoms with Crippen LogP contribution in [0.2, 0.25) is 5.02 Å². The summed E-state index contributed by atoms with van der Waals surface area (Å²) in [6.45, 7) is 3.32. The number of hydrogen-bond donors (Lipinski definition) is 2. The normalized spacial score (nSPS) is 10.4. The number of halogens is 1. The summed E-state index contributed by atoms with van der Waals surface area (Å²) in [6.07, 6.45) is 3.47. The molecule has 0 atom stereocenters. The fourth-order valence-electron chi connectivity index (χ4n) is 1.47. The van der Waals surface area contributed by atoms with E-state index in [2.05, 4.69) is 25.7 Å². The molecule has 0 bridgehead atoms. The molecule has 0 amide bonds. The molecule has 0 fully saturated rings. The van der Waals surface area contributed by atoms with E-state index in [0.717, 1.165) is 12.2 Å². The second-order valence-corrected chi connectivity index (χ2v) is 4.16. The van der Waals surface area contributed by atoms with Gasteiger partial charge in [-0.1, -0.05) is 11.6 Å². The van der Waals surface area contributed by atoms with Gasteiger partial charge in [-0.25, -0.2) is 4.98 Å². The maximum absolute atomic E-state index is 6.03. The fourth-order valence-corrected chi connectivity index (χ4v) is 1.62. The number of nitrogens with one attached hydrogen (secondary N) is 2. The molecule has 0 aliphatic carbocycles. The van der Waals surface area contributed by atoms with Gasteiger partial charge in [-0.05, 0) is 13.0 Å². The molecule has 0 radical (unpaired) electrons. The predicted octanol–water partition coefficient (Wildman–Crippen LogP) is 1.91. The van der Waals surface area contributed by atoms with Gasteiger partial charge in [-0.15, -0.1) is 0 Å². The van der Waals surface area contributed by atoms with Gasteiger partial charge in [0.05, 0.1) is 18.4 Å². The summed E-state index contributed by atoms with van der Waals surface area (Å²) in [5.74, 6) is 1.17. The van der Waals surface area contributed by atoms with Crippen LogP contribution in [-0.4, -0.2) is 26.3 Å². The molecule has 96 valence electrons. The molecule has 18 heavy (non-hydrogen) atoms. The van der Waals surface area contributed by atoms with Crippen LogP contribution in [0.3, 0.4) is 0 Å². The zero-order chi connectivity index (χ0) is 13.0. The lowest BCUT2D eigenvalue weighted by atomic mass is 10.4. The van der Waals surface area contributed by atoms with Crippen LogP contribution in [0, 0.1) is 0 Å². The molecule has 2 heterocycles. The summed E-state index contributed by atoms with van der Waals surface area (Å²) in [4.78, 5) is 8.36. The lowest BCUT2D eigenvalue weighted by Crippen LogP contribution is -2.07. The maximum Gasteiger partial charge on any atom is 0.224 e. The van der Waals surface area contributed by atoms with Gasteiger partial charge in [0.15, 0.2) is 5.82 Å². The van der Waals surface area contributed by atoms with Crippen molar-refractivity contribution in [3.8, 4) is 0 Å². The molecule has 0 aliphatic rings. The molecule has 0 aromatic carbocycles. The summed E-state index contributed by atoms with van der Waals surface area (Å²) in [5.41, 5.74) is 0.928. The van der Waals surface area contributed by atoms with Crippen LogP contribution in [0.15, 0.2) is 18.5 Å². The maximum atomic E-state index is 6.03. The Morgan fingerprint density at radius 2 is 2.22 bits per heavy atom. The first kappa shape index (κ1) is 12.6. The molecule has 0 saturated heterocycles. The smallest absolute Gasteiger partial charge is 0.224 e. The molecule has 2 rings (SSSR count). The highest BCUT2D eigenvalue weighted by atomic mass is 35.5. The molecule has 0 saturated carbocycles. The van der Waals surface area contributed by atoms with Crippen molar-refractivity contribution >= 4 is 23.4 Å². The number of aryl methyl sites for hydroxylation is 1. The van der Waals surface area contributed by atoms with Gasteiger partial charge in [0, 0.05) is 19.8 Å². The van der Waals surface area contributed by atoms with E-state index in [4.69, 9.17) is 11.6 Å². The van der Waals surface area contributed by atoms with E-state index in [1.165, 1.54) is 0 Å². The zero-order valence-electron chi connectivity index (χ0n) is 10.3. The Bertz CT molecular complexity index is 524. The number of hydrogen-bond acceptors (Lipinski definition) is 5. The van der Waals surface area contributed by atoms with Crippen molar-refractivity contribution in [1.82, 2.24) is 19.7 Å². The molecular formula is C11H15ClN6. The highest BCUT2D eigenvalue weighted by Gasteiger charge is 2.05. The van der Waals surface area contributed by atoms with Crippen molar-refractivity contribution in [2.45, 2.75) is 13.5 Å². The first-order valence-corrected chi connectivity index (χ1v) is 6.05. The molecule has 7 heteroatoms. The van der Waals surface area contributed by atoms with E-state index < -0.39 is 0 Å². The number of rotatable bonds is 5. The van der Waals surface area contributed by atoms with Gasteiger partial charge in [0.25, 0.3) is 0 Å². The van der Waals surface area contributed by atoms with Crippen molar-refractivity contribution in [3.63, 3.8) is 0 Å². The fraction of sp³-hybridized carbons (Fsp3) is 0.364. The highest BCUT2D eigenvalue weighted by Crippen LogP contribution is 2.19. The molecular weight excluding hydrogens is 252 g/mol. The minimum atomic E-state index is 0.493. The average Bonchev–Trinajstić information content (AvgIpc) is 2.76. The summed E-state index contributed by atoms with van der Waals surface area (Å²) >= 11 is 6.03. The van der Waals surface area contributed by atoms with Crippen molar-refractivity contribution in [1.29, 1.82) is 0 Å². The van der Waals surface area contributed by atoms with E-state index in [-0.39, 0.29) is 0 Å². The van der Waals surface area contributed by atoms with Gasteiger partial charge in [-0.3, -0.25) is 4.68 Å². The summed E-state index contributed by atoms with van der Waals surface area (Å²) in [6, 6.07) is 1.94. The Morgan fingerprint density at radius 1 is 1.39 bits per heavy atom. The molecule has 6 nitrogen and oxygen atoms in total. The molecule has 0 unspecified atom stereocenters. The minimum absolute atomic E-state index is 0.493. The second kappa shape index (κ2) is 5.68. The van der Waals surface area contributed by atoms with Gasteiger partial charge in [0.1, 0.15) is 5.02 Å². The average molecular weight is 267 g/mol. The standard InChI is InChI=1S/C11H15ClN6/c1-3-13-11-15-7-9(12)10(16-11)14-6-8-4-5-18(2)17-8/h4-5,7H,3,6H2,1-2H3,(H2,13,14,15,16). The van der Waals surface area contributed by atoms with Gasteiger partial charge in [0.2, 0.25) is 5.95 Å². The van der Waals surface area contributed by atoms with Crippen LogP contribution in [0.4, 0.5) is 11.8 Å². The Hall–Kier alpha value is -1.82. The van der Waals surface area contributed by atoms with Crippen molar-refractivity contribution in [2.75, 3.05) is 17.2 Å². The highest BCUT2D eigenvalue weighted by molar-refractivity contribution is 6.32. The summed E-state index contributed by atoms with van der Waals surface area (Å²) < 4.78 is 1.75. The van der Waals surface area contributed by atoms with Gasteiger partial charge < -0.3 is 10.6 Å². The third-order valence-corrected chi connectivity index (χ3v) is 2.56. The van der Waals surface area contributed by atoms with Gasteiger partial charge >= 0.3 is 0 Å². The zero-order valence-corrected chi connectivity index (χ0v) is 11.1. The van der Waals surface area contributed by atoms with Crippen LogP contribution in [-0.2, 0) is 13.6 Å². The van der Waals surface area contributed by atoms with Crippen LogP contribution in [0.5, 0.6) is 0 Å². The largest absolute Gasteiger partial charge is 0.363 e. The van der Waals surface area contributed by atoms with E-state index in [1.54, 1.807) is 10.9 Å². The minimum Gasteiger partial charge on any atom is -0.363 e. The molecule has 2 aromatic heterocycles. The monoisotopic (exact) mass is 266 g/mol. The van der Waals surface area contributed by atoms with E-state index in [9.17, 15) is 0 Å². The van der Waals surface area contributed by atoms with Crippen LogP contribution < -0.4 is 10.6 Å². The molecule has 2 N–H and O–H groups in total. The first-order valence-electron chi connectivity index (χ1n) is 5.68.